The summed E-state index contributed by atoms with van der Waals surface area (Å²) in [5.74, 6) is 2.64. The highest BCUT2D eigenvalue weighted by molar-refractivity contribution is 7.92. The maximum atomic E-state index is 12.8. The van der Waals surface area contributed by atoms with Crippen molar-refractivity contribution in [3.8, 4) is 28.9 Å². The van der Waals surface area contributed by atoms with Gasteiger partial charge in [-0.25, -0.2) is 13.4 Å². The van der Waals surface area contributed by atoms with Gasteiger partial charge >= 0.3 is 0 Å². The fourth-order valence-electron chi connectivity index (χ4n) is 3.46. The maximum absolute atomic E-state index is 12.8. The van der Waals surface area contributed by atoms with Crippen LogP contribution in [0.1, 0.15) is 11.4 Å². The molecule has 0 radical (unpaired) electrons. The number of hydrogen-bond acceptors (Lipinski definition) is 7. The van der Waals surface area contributed by atoms with Gasteiger partial charge in [-0.15, -0.1) is 10.2 Å². The summed E-state index contributed by atoms with van der Waals surface area (Å²) in [5.41, 5.74) is 2.30. The van der Waals surface area contributed by atoms with Gasteiger partial charge in [0.1, 0.15) is 23.6 Å². The number of sulfonamides is 1. The van der Waals surface area contributed by atoms with Gasteiger partial charge in [-0.1, -0.05) is 18.2 Å². The molecule has 0 unspecified atom stereocenters. The zero-order valence-corrected chi connectivity index (χ0v) is 20.9. The number of aryl methyl sites for hydroxylation is 1. The van der Waals surface area contributed by atoms with E-state index in [1.165, 1.54) is 12.1 Å². The number of nitrogens with one attached hydrogen (secondary N) is 1. The summed E-state index contributed by atoms with van der Waals surface area (Å²) < 4.78 is 41.5. The molecule has 5 aromatic rings. The van der Waals surface area contributed by atoms with Gasteiger partial charge in [0.05, 0.1) is 10.6 Å². The summed E-state index contributed by atoms with van der Waals surface area (Å²) >= 11 is 0. The molecule has 9 nitrogen and oxygen atoms in total. The van der Waals surface area contributed by atoms with E-state index in [2.05, 4.69) is 19.9 Å². The van der Waals surface area contributed by atoms with Crippen molar-refractivity contribution in [3.05, 3.63) is 109 Å². The number of nitrogens with zero attached hydrogens (tertiary/aromatic N) is 4. The zero-order valence-electron chi connectivity index (χ0n) is 20.1. The van der Waals surface area contributed by atoms with E-state index < -0.39 is 10.0 Å². The molecule has 37 heavy (non-hydrogen) atoms. The number of aromatic nitrogens is 4. The number of imidazole rings is 1. The lowest BCUT2D eigenvalue weighted by Crippen LogP contribution is -2.12. The highest BCUT2D eigenvalue weighted by Crippen LogP contribution is 2.26. The first-order chi connectivity index (χ1) is 17.9. The molecule has 3 aromatic carbocycles. The lowest BCUT2D eigenvalue weighted by atomic mass is 10.3. The molecule has 0 spiro atoms. The first-order valence-electron chi connectivity index (χ1n) is 11.4. The van der Waals surface area contributed by atoms with Crippen molar-refractivity contribution in [1.82, 2.24) is 19.7 Å². The predicted octanol–water partition coefficient (Wildman–Crippen LogP) is 5.66. The molecule has 5 rings (SSSR count). The van der Waals surface area contributed by atoms with Crippen LogP contribution in [-0.2, 0) is 10.0 Å². The van der Waals surface area contributed by atoms with Crippen LogP contribution in [-0.4, -0.2) is 28.2 Å². The minimum Gasteiger partial charge on any atom is -0.457 e. The molecule has 0 saturated heterocycles. The van der Waals surface area contributed by atoms with E-state index in [9.17, 15) is 8.42 Å². The van der Waals surface area contributed by atoms with Gasteiger partial charge in [0.15, 0.2) is 5.82 Å². The number of para-hydroxylation sites is 1. The summed E-state index contributed by atoms with van der Waals surface area (Å²) in [5, 5.41) is 8.31. The Morgan fingerprint density at radius 2 is 1.38 bits per heavy atom. The van der Waals surface area contributed by atoms with Crippen molar-refractivity contribution in [2.45, 2.75) is 18.7 Å². The van der Waals surface area contributed by atoms with Gasteiger partial charge < -0.3 is 9.47 Å². The molecule has 0 fully saturated rings. The molecule has 0 bridgehead atoms. The van der Waals surface area contributed by atoms with Gasteiger partial charge in [-0.05, 0) is 80.6 Å². The average molecular weight is 514 g/mol. The monoisotopic (exact) mass is 513 g/mol. The Morgan fingerprint density at radius 3 is 2.00 bits per heavy atom. The van der Waals surface area contributed by atoms with E-state index in [1.54, 1.807) is 54.9 Å². The molecule has 10 heteroatoms. The summed E-state index contributed by atoms with van der Waals surface area (Å²) in [6, 6.07) is 25.5. The second-order valence-electron chi connectivity index (χ2n) is 8.13. The highest BCUT2D eigenvalue weighted by Gasteiger charge is 2.15. The maximum Gasteiger partial charge on any atom is 0.261 e. The van der Waals surface area contributed by atoms with Crippen LogP contribution in [0.25, 0.3) is 5.82 Å². The zero-order chi connectivity index (χ0) is 25.8. The van der Waals surface area contributed by atoms with Gasteiger partial charge in [-0.2, -0.15) is 0 Å². The second kappa shape index (κ2) is 10.1. The molecule has 2 heterocycles. The van der Waals surface area contributed by atoms with Crippen LogP contribution >= 0.6 is 0 Å². The van der Waals surface area contributed by atoms with Gasteiger partial charge in [0.25, 0.3) is 10.0 Å². The fraction of sp³-hybridized carbons (Fsp3) is 0.0741. The third-order valence-electron chi connectivity index (χ3n) is 5.57. The Labute approximate surface area is 214 Å². The minimum atomic E-state index is -3.78. The summed E-state index contributed by atoms with van der Waals surface area (Å²) in [6.07, 6.45) is 1.70. The Hall–Kier alpha value is -4.70. The Balaban J connectivity index is 1.21. The first kappa shape index (κ1) is 24.0. The Bertz CT molecular complexity index is 1600. The van der Waals surface area contributed by atoms with Crippen molar-refractivity contribution in [3.63, 3.8) is 0 Å². The quantitative estimate of drug-likeness (QED) is 0.285. The van der Waals surface area contributed by atoms with Crippen LogP contribution in [0.15, 0.2) is 102 Å². The number of rotatable bonds is 8. The number of ether oxygens (including phenoxy) is 2. The smallest absolute Gasteiger partial charge is 0.261 e. The van der Waals surface area contributed by atoms with E-state index in [0.717, 1.165) is 11.4 Å². The second-order valence-corrected chi connectivity index (χ2v) is 9.82. The van der Waals surface area contributed by atoms with E-state index in [1.807, 2.05) is 48.7 Å². The van der Waals surface area contributed by atoms with Crippen molar-refractivity contribution < 1.29 is 17.9 Å². The van der Waals surface area contributed by atoms with E-state index in [0.29, 0.717) is 34.6 Å². The molecule has 0 aliphatic heterocycles. The molecule has 0 amide bonds. The normalized spacial score (nSPS) is 11.2. The summed E-state index contributed by atoms with van der Waals surface area (Å²) in [4.78, 5) is 4.38. The fourth-order valence-corrected chi connectivity index (χ4v) is 4.52. The van der Waals surface area contributed by atoms with Crippen LogP contribution in [0, 0.1) is 13.8 Å². The lowest BCUT2D eigenvalue weighted by molar-refractivity contribution is 0.454. The van der Waals surface area contributed by atoms with Gasteiger partial charge in [0.2, 0.25) is 5.88 Å². The number of hydrogen-bond donors (Lipinski definition) is 1. The van der Waals surface area contributed by atoms with Crippen LogP contribution in [0.2, 0.25) is 0 Å². The van der Waals surface area contributed by atoms with Crippen molar-refractivity contribution in [2.75, 3.05) is 4.72 Å². The average Bonchev–Trinajstić information content (AvgIpc) is 3.24. The number of benzene rings is 3. The summed E-state index contributed by atoms with van der Waals surface area (Å²) in [6.45, 7) is 3.89. The third kappa shape index (κ3) is 5.60. The largest absolute Gasteiger partial charge is 0.457 e. The molecular weight excluding hydrogens is 490 g/mol. The van der Waals surface area contributed by atoms with E-state index >= 15 is 0 Å². The van der Waals surface area contributed by atoms with Crippen molar-refractivity contribution in [1.29, 1.82) is 0 Å². The van der Waals surface area contributed by atoms with Crippen molar-refractivity contribution in [2.24, 2.45) is 0 Å². The van der Waals surface area contributed by atoms with E-state index in [-0.39, 0.29) is 4.90 Å². The van der Waals surface area contributed by atoms with Crippen LogP contribution < -0.4 is 14.2 Å². The van der Waals surface area contributed by atoms with Crippen molar-refractivity contribution >= 4 is 15.7 Å². The SMILES string of the molecule is Cc1ncn(-c2ccc(Oc3ccc(NS(=O)(=O)c4ccc(Oc5ccccc5)cc4)cc3)nn2)c1C. The molecule has 186 valence electrons. The molecule has 0 saturated carbocycles. The summed E-state index contributed by atoms with van der Waals surface area (Å²) in [7, 11) is -3.78. The molecule has 0 atom stereocenters. The van der Waals surface area contributed by atoms with Crippen LogP contribution in [0.3, 0.4) is 0 Å². The Morgan fingerprint density at radius 1 is 0.730 bits per heavy atom. The topological polar surface area (TPSA) is 108 Å². The lowest BCUT2D eigenvalue weighted by Gasteiger charge is -2.10. The minimum absolute atomic E-state index is 0.118. The third-order valence-corrected chi connectivity index (χ3v) is 6.96. The molecule has 2 aromatic heterocycles. The van der Waals surface area contributed by atoms with Crippen LogP contribution in [0.4, 0.5) is 5.69 Å². The molecule has 0 aliphatic carbocycles. The number of anilines is 1. The van der Waals surface area contributed by atoms with Crippen LogP contribution in [0.5, 0.6) is 23.1 Å². The first-order valence-corrected chi connectivity index (χ1v) is 12.8. The standard InChI is InChI=1S/C27H23N5O4S/c1-19-20(2)32(18-28-19)26-16-17-27(30-29-26)36-24-10-8-21(9-11-24)31-37(33,34)25-14-12-23(13-15-25)35-22-6-4-3-5-7-22/h3-18,31H,1-2H3. The van der Waals surface area contributed by atoms with Gasteiger partial charge in [-0.3, -0.25) is 9.29 Å². The predicted molar refractivity (Wildman–Crippen MR) is 139 cm³/mol. The highest BCUT2D eigenvalue weighted by atomic mass is 32.2. The van der Waals surface area contributed by atoms with E-state index in [4.69, 9.17) is 9.47 Å². The molecular formula is C27H23N5O4S. The molecule has 0 aliphatic rings. The van der Waals surface area contributed by atoms with Gasteiger partial charge in [0, 0.05) is 17.4 Å². The Kier molecular flexibility index (Phi) is 6.57. The molecule has 1 N–H and O–H groups in total.